The Morgan fingerprint density at radius 2 is 2.19 bits per heavy atom. The van der Waals surface area contributed by atoms with Crippen LogP contribution in [0.4, 0.5) is 5.69 Å². The quantitative estimate of drug-likeness (QED) is 0.424. The highest BCUT2D eigenvalue weighted by molar-refractivity contribution is 5.52. The standard InChI is InChI=1S/C21H23N5O/c1-4-18(27-20-14-26(17-10-11-17)25-19(20)5-2)12-21(23-3)24-16-8-6-15(13-22)7-9-16/h4,6-9,12,14,17,24H,3,5,10-11H2,1-2H3/b18-4+,21-12+. The molecule has 0 amide bonds. The molecule has 0 radical (unpaired) electrons. The Morgan fingerprint density at radius 3 is 2.74 bits per heavy atom. The third kappa shape index (κ3) is 4.64. The summed E-state index contributed by atoms with van der Waals surface area (Å²) >= 11 is 0. The van der Waals surface area contributed by atoms with E-state index in [1.807, 2.05) is 36.0 Å². The van der Waals surface area contributed by atoms with Crippen LogP contribution >= 0.6 is 0 Å². The molecule has 6 heteroatoms. The molecule has 0 unspecified atom stereocenters. The van der Waals surface area contributed by atoms with Crippen LogP contribution in [0.1, 0.15) is 44.0 Å². The zero-order valence-corrected chi connectivity index (χ0v) is 15.6. The number of aryl methyl sites for hydroxylation is 1. The molecular weight excluding hydrogens is 338 g/mol. The highest BCUT2D eigenvalue weighted by Crippen LogP contribution is 2.36. The molecule has 0 aliphatic heterocycles. The fourth-order valence-corrected chi connectivity index (χ4v) is 2.60. The van der Waals surface area contributed by atoms with Gasteiger partial charge in [-0.05, 0) is 63.2 Å². The van der Waals surface area contributed by atoms with Gasteiger partial charge in [-0.2, -0.15) is 10.4 Å². The Hall–Kier alpha value is -3.33. The molecule has 0 spiro atoms. The minimum Gasteiger partial charge on any atom is -0.454 e. The Balaban J connectivity index is 1.75. The van der Waals surface area contributed by atoms with Crippen molar-refractivity contribution in [1.29, 1.82) is 5.26 Å². The average molecular weight is 361 g/mol. The van der Waals surface area contributed by atoms with Gasteiger partial charge in [0, 0.05) is 11.8 Å². The third-order valence-corrected chi connectivity index (χ3v) is 4.27. The number of ether oxygens (including phenoxy) is 1. The van der Waals surface area contributed by atoms with Crippen molar-refractivity contribution in [1.82, 2.24) is 9.78 Å². The highest BCUT2D eigenvalue weighted by atomic mass is 16.5. The van der Waals surface area contributed by atoms with E-state index in [0.29, 0.717) is 23.2 Å². The lowest BCUT2D eigenvalue weighted by molar-refractivity contribution is 0.437. The molecule has 0 bridgehead atoms. The molecule has 0 atom stereocenters. The lowest BCUT2D eigenvalue weighted by atomic mass is 10.2. The van der Waals surface area contributed by atoms with E-state index in [0.717, 1.165) is 23.6 Å². The Bertz CT molecular complexity index is 911. The SMILES string of the molecule is C=N/C(=C\C(=C/C)Oc1cn(C2CC2)nc1CC)Nc1ccc(C#N)cc1. The molecule has 1 saturated carbocycles. The van der Waals surface area contributed by atoms with E-state index < -0.39 is 0 Å². The number of anilines is 1. The summed E-state index contributed by atoms with van der Waals surface area (Å²) in [6.45, 7) is 7.60. The maximum Gasteiger partial charge on any atom is 0.168 e. The van der Waals surface area contributed by atoms with Crippen LogP contribution in [-0.2, 0) is 6.42 Å². The molecule has 1 aliphatic rings. The smallest absolute Gasteiger partial charge is 0.168 e. The third-order valence-electron chi connectivity index (χ3n) is 4.27. The van der Waals surface area contributed by atoms with E-state index in [1.165, 1.54) is 12.8 Å². The van der Waals surface area contributed by atoms with Crippen LogP contribution in [-0.4, -0.2) is 16.5 Å². The predicted molar refractivity (Wildman–Crippen MR) is 107 cm³/mol. The van der Waals surface area contributed by atoms with Crippen LogP contribution in [0.5, 0.6) is 5.75 Å². The second-order valence-corrected chi connectivity index (χ2v) is 6.30. The van der Waals surface area contributed by atoms with Gasteiger partial charge in [0.15, 0.2) is 5.75 Å². The molecule has 1 aliphatic carbocycles. The van der Waals surface area contributed by atoms with Gasteiger partial charge in [-0.3, -0.25) is 4.68 Å². The van der Waals surface area contributed by atoms with E-state index in [-0.39, 0.29) is 0 Å². The lowest BCUT2D eigenvalue weighted by Gasteiger charge is -2.09. The first-order valence-corrected chi connectivity index (χ1v) is 9.04. The Kier molecular flexibility index (Phi) is 5.72. The van der Waals surface area contributed by atoms with Crippen LogP contribution in [0, 0.1) is 11.3 Å². The largest absolute Gasteiger partial charge is 0.454 e. The minimum absolute atomic E-state index is 0.515. The van der Waals surface area contributed by atoms with E-state index in [4.69, 9.17) is 10.00 Å². The summed E-state index contributed by atoms with van der Waals surface area (Å²) in [6.07, 6.45) is 8.81. The highest BCUT2D eigenvalue weighted by Gasteiger charge is 2.26. The van der Waals surface area contributed by atoms with E-state index in [2.05, 4.69) is 35.1 Å². The van der Waals surface area contributed by atoms with Crippen molar-refractivity contribution in [3.8, 4) is 11.8 Å². The number of rotatable bonds is 8. The molecule has 27 heavy (non-hydrogen) atoms. The number of aliphatic imine (C=N–C) groups is 1. The number of benzene rings is 1. The van der Waals surface area contributed by atoms with Crippen LogP contribution in [0.15, 0.2) is 59.2 Å². The van der Waals surface area contributed by atoms with Crippen LogP contribution < -0.4 is 10.1 Å². The number of nitrogens with zero attached hydrogens (tertiary/aromatic N) is 4. The second-order valence-electron chi connectivity index (χ2n) is 6.30. The molecule has 1 aromatic carbocycles. The Morgan fingerprint density at radius 1 is 1.44 bits per heavy atom. The summed E-state index contributed by atoms with van der Waals surface area (Å²) in [5.74, 6) is 1.99. The van der Waals surface area contributed by atoms with Gasteiger partial charge in [-0.15, -0.1) is 0 Å². The van der Waals surface area contributed by atoms with Gasteiger partial charge in [0.2, 0.25) is 0 Å². The average Bonchev–Trinajstić information content (AvgIpc) is 3.48. The molecule has 6 nitrogen and oxygen atoms in total. The molecule has 0 saturated heterocycles. The number of nitriles is 1. The maximum atomic E-state index is 8.89. The second kappa shape index (κ2) is 8.37. The molecule has 2 aromatic rings. The summed E-state index contributed by atoms with van der Waals surface area (Å²) < 4.78 is 8.09. The van der Waals surface area contributed by atoms with Crippen molar-refractivity contribution in [2.24, 2.45) is 4.99 Å². The first-order valence-electron chi connectivity index (χ1n) is 9.04. The maximum absolute atomic E-state index is 8.89. The number of allylic oxidation sites excluding steroid dienone is 2. The number of nitrogens with one attached hydrogen (secondary N) is 1. The molecule has 1 N–H and O–H groups in total. The molecule has 138 valence electrons. The summed E-state index contributed by atoms with van der Waals surface area (Å²) in [7, 11) is 0. The molecule has 1 fully saturated rings. The summed E-state index contributed by atoms with van der Waals surface area (Å²) in [5, 5.41) is 16.7. The monoisotopic (exact) mass is 361 g/mol. The normalized spacial score (nSPS) is 14.6. The van der Waals surface area contributed by atoms with Gasteiger partial charge in [-0.1, -0.05) is 6.92 Å². The predicted octanol–water partition coefficient (Wildman–Crippen LogP) is 4.59. The van der Waals surface area contributed by atoms with Crippen molar-refractivity contribution in [2.45, 2.75) is 39.2 Å². The van der Waals surface area contributed by atoms with Crippen molar-refractivity contribution >= 4 is 12.4 Å². The van der Waals surface area contributed by atoms with Gasteiger partial charge in [0.25, 0.3) is 0 Å². The van der Waals surface area contributed by atoms with Gasteiger partial charge < -0.3 is 10.1 Å². The first-order chi connectivity index (χ1) is 13.2. The van der Waals surface area contributed by atoms with Gasteiger partial charge in [-0.25, -0.2) is 4.99 Å². The first kappa shape index (κ1) is 18.5. The fourth-order valence-electron chi connectivity index (χ4n) is 2.60. The topological polar surface area (TPSA) is 75.2 Å². The zero-order valence-electron chi connectivity index (χ0n) is 15.6. The number of aromatic nitrogens is 2. The number of hydrogen-bond acceptors (Lipinski definition) is 5. The lowest BCUT2D eigenvalue weighted by Crippen LogP contribution is -2.01. The summed E-state index contributed by atoms with van der Waals surface area (Å²) in [4.78, 5) is 4.03. The zero-order chi connectivity index (χ0) is 19.2. The molecular formula is C21H23N5O. The van der Waals surface area contributed by atoms with E-state index in [9.17, 15) is 0 Å². The van der Waals surface area contributed by atoms with E-state index >= 15 is 0 Å². The van der Waals surface area contributed by atoms with Gasteiger partial charge >= 0.3 is 0 Å². The molecule has 1 aromatic heterocycles. The van der Waals surface area contributed by atoms with Crippen LogP contribution in [0.25, 0.3) is 0 Å². The van der Waals surface area contributed by atoms with Crippen LogP contribution in [0.2, 0.25) is 0 Å². The molecule has 1 heterocycles. The van der Waals surface area contributed by atoms with Crippen molar-refractivity contribution < 1.29 is 4.74 Å². The van der Waals surface area contributed by atoms with Crippen molar-refractivity contribution in [2.75, 3.05) is 5.32 Å². The van der Waals surface area contributed by atoms with Gasteiger partial charge in [0.1, 0.15) is 17.3 Å². The number of hydrogen-bond donors (Lipinski definition) is 1. The summed E-state index contributed by atoms with van der Waals surface area (Å²) in [6, 6.07) is 9.75. The van der Waals surface area contributed by atoms with Gasteiger partial charge in [0.05, 0.1) is 23.9 Å². The van der Waals surface area contributed by atoms with Crippen molar-refractivity contribution in [3.63, 3.8) is 0 Å². The van der Waals surface area contributed by atoms with Crippen molar-refractivity contribution in [3.05, 3.63) is 65.5 Å². The fraction of sp³-hybridized carbons (Fsp3) is 0.286. The Labute approximate surface area is 159 Å². The minimum atomic E-state index is 0.515. The van der Waals surface area contributed by atoms with E-state index in [1.54, 1.807) is 18.2 Å². The summed E-state index contributed by atoms with van der Waals surface area (Å²) in [5.41, 5.74) is 2.37. The molecule has 3 rings (SSSR count). The van der Waals surface area contributed by atoms with Crippen LogP contribution in [0.3, 0.4) is 0 Å².